The van der Waals surface area contributed by atoms with Gasteiger partial charge in [-0.25, -0.2) is 0 Å². The molecule has 112 valence electrons. The van der Waals surface area contributed by atoms with Gasteiger partial charge in [0.25, 0.3) is 0 Å². The van der Waals surface area contributed by atoms with E-state index in [1.807, 2.05) is 0 Å². The van der Waals surface area contributed by atoms with Gasteiger partial charge in [0.15, 0.2) is 0 Å². The molecule has 1 unspecified atom stereocenters. The Bertz CT molecular complexity index is 342. The fourth-order valence-corrected chi connectivity index (χ4v) is 5.43. The van der Waals surface area contributed by atoms with Crippen molar-refractivity contribution < 1.29 is 0 Å². The van der Waals surface area contributed by atoms with Crippen LogP contribution in [0.15, 0.2) is 0 Å². The molecule has 0 heterocycles. The molecule has 0 aliphatic heterocycles. The first-order chi connectivity index (χ1) is 8.36. The topological polar surface area (TPSA) is 12.0 Å². The monoisotopic (exact) mass is 265 g/mol. The summed E-state index contributed by atoms with van der Waals surface area (Å²) >= 11 is 0. The molecule has 1 N–H and O–H groups in total. The standard InChI is InChI=1S/C18H35N/c1-15(2,3)12-16(4,5)19-14-17(6,7)13-9-10-18(14,8)11-13/h13-14,19H,9-12H2,1-8H3/t13-,14?,18+/m0/s1. The lowest BCUT2D eigenvalue weighted by Gasteiger charge is -2.48. The van der Waals surface area contributed by atoms with Gasteiger partial charge < -0.3 is 5.32 Å². The highest BCUT2D eigenvalue weighted by molar-refractivity contribution is 5.13. The smallest absolute Gasteiger partial charge is 0.0180 e. The average molecular weight is 265 g/mol. The maximum absolute atomic E-state index is 4.07. The minimum absolute atomic E-state index is 0.230. The van der Waals surface area contributed by atoms with Gasteiger partial charge in [-0.3, -0.25) is 0 Å². The lowest BCUT2D eigenvalue weighted by atomic mass is 9.67. The SMILES string of the molecule is CC(C)(C)CC(C)(C)NC1C(C)(C)[C@H]2CC[C@]1(C)C2. The zero-order valence-corrected chi connectivity index (χ0v) is 14.5. The fourth-order valence-electron chi connectivity index (χ4n) is 5.43. The Hall–Kier alpha value is -0.0400. The molecule has 2 saturated carbocycles. The van der Waals surface area contributed by atoms with Crippen molar-refractivity contribution in [1.29, 1.82) is 0 Å². The Morgan fingerprint density at radius 2 is 1.63 bits per heavy atom. The van der Waals surface area contributed by atoms with Crippen LogP contribution >= 0.6 is 0 Å². The van der Waals surface area contributed by atoms with E-state index in [2.05, 4.69) is 60.7 Å². The molecule has 3 atom stereocenters. The predicted octanol–water partition coefficient (Wildman–Crippen LogP) is 5.01. The summed E-state index contributed by atoms with van der Waals surface area (Å²) in [7, 11) is 0. The van der Waals surface area contributed by atoms with Crippen molar-refractivity contribution in [3.05, 3.63) is 0 Å². The van der Waals surface area contributed by atoms with Gasteiger partial charge in [0.2, 0.25) is 0 Å². The van der Waals surface area contributed by atoms with Crippen LogP contribution in [0.3, 0.4) is 0 Å². The first-order valence-corrected chi connectivity index (χ1v) is 8.14. The second-order valence-corrected chi connectivity index (χ2v) is 10.1. The van der Waals surface area contributed by atoms with E-state index in [0.717, 1.165) is 5.92 Å². The summed E-state index contributed by atoms with van der Waals surface area (Å²) in [5.74, 6) is 0.931. The van der Waals surface area contributed by atoms with Crippen LogP contribution in [-0.2, 0) is 0 Å². The minimum atomic E-state index is 0.230. The van der Waals surface area contributed by atoms with Gasteiger partial charge in [-0.05, 0) is 61.7 Å². The fraction of sp³-hybridized carbons (Fsp3) is 1.00. The van der Waals surface area contributed by atoms with Crippen LogP contribution in [0.4, 0.5) is 0 Å². The zero-order chi connectivity index (χ0) is 14.7. The van der Waals surface area contributed by atoms with Crippen molar-refractivity contribution in [1.82, 2.24) is 5.32 Å². The third-order valence-electron chi connectivity index (χ3n) is 5.78. The van der Waals surface area contributed by atoms with Crippen molar-refractivity contribution in [2.24, 2.45) is 22.2 Å². The van der Waals surface area contributed by atoms with E-state index in [-0.39, 0.29) is 5.54 Å². The highest BCUT2D eigenvalue weighted by atomic mass is 15.1. The van der Waals surface area contributed by atoms with Crippen LogP contribution < -0.4 is 5.32 Å². The number of hydrogen-bond acceptors (Lipinski definition) is 1. The molecule has 0 aromatic carbocycles. The summed E-state index contributed by atoms with van der Waals surface area (Å²) in [5.41, 5.74) is 1.61. The molecule has 1 heteroatoms. The van der Waals surface area contributed by atoms with Gasteiger partial charge >= 0.3 is 0 Å². The summed E-state index contributed by atoms with van der Waals surface area (Å²) in [6.45, 7) is 19.3. The highest BCUT2D eigenvalue weighted by Gasteiger charge is 2.59. The first-order valence-electron chi connectivity index (χ1n) is 8.14. The minimum Gasteiger partial charge on any atom is -0.308 e. The summed E-state index contributed by atoms with van der Waals surface area (Å²) < 4.78 is 0. The molecule has 0 spiro atoms. The molecule has 19 heavy (non-hydrogen) atoms. The summed E-state index contributed by atoms with van der Waals surface area (Å²) in [6.07, 6.45) is 5.53. The van der Waals surface area contributed by atoms with Gasteiger partial charge in [0.1, 0.15) is 0 Å². The zero-order valence-electron chi connectivity index (χ0n) is 14.5. The maximum atomic E-state index is 4.07. The van der Waals surface area contributed by atoms with Gasteiger partial charge in [-0.2, -0.15) is 0 Å². The molecule has 2 rings (SSSR count). The number of fused-ring (bicyclic) bond motifs is 2. The van der Waals surface area contributed by atoms with E-state index in [1.165, 1.54) is 25.7 Å². The van der Waals surface area contributed by atoms with Gasteiger partial charge in [-0.1, -0.05) is 41.5 Å². The van der Waals surface area contributed by atoms with E-state index in [0.29, 0.717) is 22.3 Å². The van der Waals surface area contributed by atoms with Crippen LogP contribution in [0.1, 0.15) is 81.1 Å². The van der Waals surface area contributed by atoms with E-state index >= 15 is 0 Å². The van der Waals surface area contributed by atoms with E-state index < -0.39 is 0 Å². The van der Waals surface area contributed by atoms with E-state index in [4.69, 9.17) is 0 Å². The van der Waals surface area contributed by atoms with Crippen LogP contribution in [-0.4, -0.2) is 11.6 Å². The Morgan fingerprint density at radius 1 is 1.05 bits per heavy atom. The van der Waals surface area contributed by atoms with E-state index in [9.17, 15) is 0 Å². The van der Waals surface area contributed by atoms with Gasteiger partial charge in [-0.15, -0.1) is 0 Å². The third-order valence-corrected chi connectivity index (χ3v) is 5.78. The first kappa shape index (κ1) is 15.4. The van der Waals surface area contributed by atoms with Crippen molar-refractivity contribution in [2.45, 2.75) is 92.7 Å². The molecular weight excluding hydrogens is 230 g/mol. The van der Waals surface area contributed by atoms with Crippen LogP contribution in [0, 0.1) is 22.2 Å². The Balaban J connectivity index is 2.14. The van der Waals surface area contributed by atoms with Gasteiger partial charge in [0, 0.05) is 11.6 Å². The quantitative estimate of drug-likeness (QED) is 0.756. The van der Waals surface area contributed by atoms with Crippen molar-refractivity contribution in [3.63, 3.8) is 0 Å². The lowest BCUT2D eigenvalue weighted by Crippen LogP contribution is -2.58. The lowest BCUT2D eigenvalue weighted by molar-refractivity contribution is 0.0717. The molecule has 2 aliphatic rings. The predicted molar refractivity (Wildman–Crippen MR) is 84.3 cm³/mol. The highest BCUT2D eigenvalue weighted by Crippen LogP contribution is 2.62. The molecule has 0 saturated heterocycles. The number of hydrogen-bond donors (Lipinski definition) is 1. The summed E-state index contributed by atoms with van der Waals surface area (Å²) in [5, 5.41) is 4.07. The molecule has 2 aliphatic carbocycles. The molecule has 0 aromatic rings. The van der Waals surface area contributed by atoms with Gasteiger partial charge in [0.05, 0.1) is 0 Å². The third kappa shape index (κ3) is 2.86. The van der Waals surface area contributed by atoms with Crippen molar-refractivity contribution in [2.75, 3.05) is 0 Å². The van der Waals surface area contributed by atoms with Crippen molar-refractivity contribution in [3.8, 4) is 0 Å². The number of nitrogens with one attached hydrogen (secondary N) is 1. The molecule has 2 fully saturated rings. The molecular formula is C18H35N. The largest absolute Gasteiger partial charge is 0.308 e. The van der Waals surface area contributed by atoms with Crippen LogP contribution in [0.5, 0.6) is 0 Å². The molecule has 1 nitrogen and oxygen atoms in total. The normalized spacial score (nSPS) is 37.9. The molecule has 0 aromatic heterocycles. The van der Waals surface area contributed by atoms with Crippen molar-refractivity contribution >= 4 is 0 Å². The molecule has 2 bridgehead atoms. The van der Waals surface area contributed by atoms with E-state index in [1.54, 1.807) is 0 Å². The molecule has 0 radical (unpaired) electrons. The molecule has 0 amide bonds. The second kappa shape index (κ2) is 4.23. The number of rotatable bonds is 3. The maximum Gasteiger partial charge on any atom is 0.0180 e. The van der Waals surface area contributed by atoms with Crippen LogP contribution in [0.2, 0.25) is 0 Å². The Kier molecular flexibility index (Phi) is 3.42. The Labute approximate surface area is 120 Å². The second-order valence-electron chi connectivity index (χ2n) is 10.1. The average Bonchev–Trinajstić information content (AvgIpc) is 2.60. The summed E-state index contributed by atoms with van der Waals surface area (Å²) in [4.78, 5) is 0. The van der Waals surface area contributed by atoms with Crippen LogP contribution in [0.25, 0.3) is 0 Å². The Morgan fingerprint density at radius 3 is 2.05 bits per heavy atom. The summed E-state index contributed by atoms with van der Waals surface area (Å²) in [6, 6.07) is 0.677.